The molecule has 0 aliphatic rings. The smallest absolute Gasteiger partial charge is 0.244 e. The standard InChI is InChI=1S/C24H32ClN3O4S/c1-16(2)26-24(30)19(5)27(14-20-8-7-9-21(25)13-20)23(29)15-28(33(6,31)32)22-12-17(3)10-11-18(22)4/h7-13,16,19H,14-15H2,1-6H3,(H,26,30). The predicted molar refractivity (Wildman–Crippen MR) is 133 cm³/mol. The van der Waals surface area contributed by atoms with Crippen LogP contribution >= 0.6 is 11.6 Å². The van der Waals surface area contributed by atoms with Gasteiger partial charge in [0.25, 0.3) is 0 Å². The molecule has 0 aliphatic heterocycles. The summed E-state index contributed by atoms with van der Waals surface area (Å²) < 4.78 is 26.4. The molecule has 1 unspecified atom stereocenters. The van der Waals surface area contributed by atoms with E-state index < -0.39 is 28.5 Å². The lowest BCUT2D eigenvalue weighted by atomic mass is 10.1. The normalized spacial score (nSPS) is 12.4. The summed E-state index contributed by atoms with van der Waals surface area (Å²) in [5, 5.41) is 3.32. The maximum atomic E-state index is 13.5. The number of carbonyl (C=O) groups excluding carboxylic acids is 2. The second-order valence-corrected chi connectivity index (χ2v) is 10.9. The van der Waals surface area contributed by atoms with Crippen molar-refractivity contribution in [2.45, 2.75) is 53.2 Å². The summed E-state index contributed by atoms with van der Waals surface area (Å²) in [6.07, 6.45) is 1.07. The average molecular weight is 494 g/mol. The Morgan fingerprint density at radius 1 is 1.06 bits per heavy atom. The summed E-state index contributed by atoms with van der Waals surface area (Å²) in [5.41, 5.74) is 2.77. The molecular weight excluding hydrogens is 462 g/mol. The number of sulfonamides is 1. The number of aryl methyl sites for hydroxylation is 2. The van der Waals surface area contributed by atoms with Crippen LogP contribution in [0.15, 0.2) is 42.5 Å². The first-order valence-electron chi connectivity index (χ1n) is 10.7. The van der Waals surface area contributed by atoms with Crippen LogP contribution in [0.1, 0.15) is 37.5 Å². The molecule has 1 atom stereocenters. The summed E-state index contributed by atoms with van der Waals surface area (Å²) in [6.45, 7) is 8.62. The van der Waals surface area contributed by atoms with Crippen molar-refractivity contribution in [3.8, 4) is 0 Å². The van der Waals surface area contributed by atoms with Crippen LogP contribution in [0.3, 0.4) is 0 Å². The zero-order valence-electron chi connectivity index (χ0n) is 19.9. The fraction of sp³-hybridized carbons (Fsp3) is 0.417. The van der Waals surface area contributed by atoms with Gasteiger partial charge in [-0.15, -0.1) is 0 Å². The Morgan fingerprint density at radius 2 is 1.73 bits per heavy atom. The number of hydrogen-bond donors (Lipinski definition) is 1. The van der Waals surface area contributed by atoms with E-state index >= 15 is 0 Å². The fourth-order valence-corrected chi connectivity index (χ4v) is 4.51. The van der Waals surface area contributed by atoms with E-state index in [1.165, 1.54) is 4.90 Å². The van der Waals surface area contributed by atoms with Crippen LogP contribution in [0.2, 0.25) is 5.02 Å². The van der Waals surface area contributed by atoms with Crippen molar-refractivity contribution in [1.29, 1.82) is 0 Å². The van der Waals surface area contributed by atoms with Crippen molar-refractivity contribution in [3.05, 3.63) is 64.2 Å². The number of hydrogen-bond acceptors (Lipinski definition) is 4. The number of nitrogens with zero attached hydrogens (tertiary/aromatic N) is 2. The van der Waals surface area contributed by atoms with Gasteiger partial charge in [0.15, 0.2) is 0 Å². The number of benzene rings is 2. The molecule has 2 aromatic rings. The van der Waals surface area contributed by atoms with E-state index in [1.807, 2.05) is 32.9 Å². The second-order valence-electron chi connectivity index (χ2n) is 8.55. The van der Waals surface area contributed by atoms with Gasteiger partial charge in [0.05, 0.1) is 11.9 Å². The lowest BCUT2D eigenvalue weighted by Crippen LogP contribution is -2.52. The third kappa shape index (κ3) is 7.47. The third-order valence-electron chi connectivity index (χ3n) is 5.15. The molecular formula is C24H32ClN3O4S. The topological polar surface area (TPSA) is 86.8 Å². The van der Waals surface area contributed by atoms with Gasteiger partial charge < -0.3 is 10.2 Å². The molecule has 9 heteroatoms. The van der Waals surface area contributed by atoms with Crippen molar-refractivity contribution in [2.24, 2.45) is 0 Å². The Kier molecular flexibility index (Phi) is 8.91. The number of carbonyl (C=O) groups is 2. The van der Waals surface area contributed by atoms with Crippen molar-refractivity contribution in [3.63, 3.8) is 0 Å². The van der Waals surface area contributed by atoms with E-state index in [9.17, 15) is 18.0 Å². The Morgan fingerprint density at radius 3 is 2.30 bits per heavy atom. The largest absolute Gasteiger partial charge is 0.352 e. The van der Waals surface area contributed by atoms with E-state index in [0.717, 1.165) is 27.3 Å². The first kappa shape index (κ1) is 26.7. The molecule has 33 heavy (non-hydrogen) atoms. The van der Waals surface area contributed by atoms with Crippen LogP contribution in [0, 0.1) is 13.8 Å². The van der Waals surface area contributed by atoms with Gasteiger partial charge in [-0.3, -0.25) is 13.9 Å². The van der Waals surface area contributed by atoms with Gasteiger partial charge in [0.1, 0.15) is 12.6 Å². The number of rotatable bonds is 9. The van der Waals surface area contributed by atoms with E-state index in [2.05, 4.69) is 5.32 Å². The maximum absolute atomic E-state index is 13.5. The van der Waals surface area contributed by atoms with Crippen LogP contribution in [0.5, 0.6) is 0 Å². The summed E-state index contributed by atoms with van der Waals surface area (Å²) in [7, 11) is -3.77. The molecule has 0 radical (unpaired) electrons. The molecule has 0 saturated heterocycles. The van der Waals surface area contributed by atoms with Crippen LogP contribution in [0.25, 0.3) is 0 Å². The Hall–Kier alpha value is -2.58. The molecule has 2 amide bonds. The Balaban J connectivity index is 2.44. The van der Waals surface area contributed by atoms with E-state index in [0.29, 0.717) is 10.7 Å². The Bertz CT molecular complexity index is 1120. The van der Waals surface area contributed by atoms with E-state index in [1.54, 1.807) is 44.2 Å². The highest BCUT2D eigenvalue weighted by Crippen LogP contribution is 2.24. The number of anilines is 1. The molecule has 0 heterocycles. The summed E-state index contributed by atoms with van der Waals surface area (Å²) in [5.74, 6) is -0.814. The molecule has 2 rings (SSSR count). The molecule has 0 aromatic heterocycles. The zero-order valence-corrected chi connectivity index (χ0v) is 21.5. The lowest BCUT2D eigenvalue weighted by molar-refractivity contribution is -0.139. The Labute approximate surface area is 201 Å². The van der Waals surface area contributed by atoms with Crippen LogP contribution in [-0.4, -0.2) is 50.0 Å². The minimum absolute atomic E-state index is 0.106. The van der Waals surface area contributed by atoms with Gasteiger partial charge >= 0.3 is 0 Å². The first-order chi connectivity index (χ1) is 15.3. The molecule has 0 saturated carbocycles. The first-order valence-corrected chi connectivity index (χ1v) is 12.9. The molecule has 7 nitrogen and oxygen atoms in total. The molecule has 180 valence electrons. The summed E-state index contributed by atoms with van der Waals surface area (Å²) in [6, 6.07) is 11.5. The zero-order chi connectivity index (χ0) is 24.9. The quantitative estimate of drug-likeness (QED) is 0.577. The summed E-state index contributed by atoms with van der Waals surface area (Å²) >= 11 is 6.11. The van der Waals surface area contributed by atoms with Crippen LogP contribution < -0.4 is 9.62 Å². The van der Waals surface area contributed by atoms with Gasteiger partial charge in [-0.1, -0.05) is 35.9 Å². The van der Waals surface area contributed by atoms with Crippen molar-refractivity contribution >= 4 is 39.1 Å². The molecule has 0 fully saturated rings. The van der Waals surface area contributed by atoms with E-state index in [-0.39, 0.29) is 18.5 Å². The van der Waals surface area contributed by atoms with Crippen molar-refractivity contribution in [1.82, 2.24) is 10.2 Å². The van der Waals surface area contributed by atoms with Crippen molar-refractivity contribution in [2.75, 3.05) is 17.1 Å². The highest BCUT2D eigenvalue weighted by atomic mass is 35.5. The van der Waals surface area contributed by atoms with Gasteiger partial charge in [0, 0.05) is 17.6 Å². The number of halogens is 1. The molecule has 2 aromatic carbocycles. The van der Waals surface area contributed by atoms with Crippen LogP contribution in [-0.2, 0) is 26.2 Å². The van der Waals surface area contributed by atoms with Crippen LogP contribution in [0.4, 0.5) is 5.69 Å². The van der Waals surface area contributed by atoms with Crippen molar-refractivity contribution < 1.29 is 18.0 Å². The molecule has 1 N–H and O–H groups in total. The predicted octanol–water partition coefficient (Wildman–Crippen LogP) is 3.66. The highest BCUT2D eigenvalue weighted by Gasteiger charge is 2.30. The average Bonchev–Trinajstić information content (AvgIpc) is 2.70. The number of nitrogens with one attached hydrogen (secondary N) is 1. The molecule has 0 spiro atoms. The second kappa shape index (κ2) is 11.0. The third-order valence-corrected chi connectivity index (χ3v) is 6.51. The number of amides is 2. The van der Waals surface area contributed by atoms with Gasteiger partial charge in [-0.25, -0.2) is 8.42 Å². The minimum atomic E-state index is -3.77. The minimum Gasteiger partial charge on any atom is -0.352 e. The molecule has 0 bridgehead atoms. The van der Waals surface area contributed by atoms with Gasteiger partial charge in [-0.05, 0) is 69.5 Å². The van der Waals surface area contributed by atoms with Gasteiger partial charge in [0.2, 0.25) is 21.8 Å². The SMILES string of the molecule is Cc1ccc(C)c(N(CC(=O)N(Cc2cccc(Cl)c2)C(C)C(=O)NC(C)C)S(C)(=O)=O)c1. The monoisotopic (exact) mass is 493 g/mol. The van der Waals surface area contributed by atoms with E-state index in [4.69, 9.17) is 11.6 Å². The highest BCUT2D eigenvalue weighted by molar-refractivity contribution is 7.92. The molecule has 0 aliphatic carbocycles. The lowest BCUT2D eigenvalue weighted by Gasteiger charge is -2.32. The summed E-state index contributed by atoms with van der Waals surface area (Å²) in [4.78, 5) is 27.6. The fourth-order valence-electron chi connectivity index (χ4n) is 3.40. The van der Waals surface area contributed by atoms with Gasteiger partial charge in [-0.2, -0.15) is 0 Å². The maximum Gasteiger partial charge on any atom is 0.244 e.